The zero-order valence-corrected chi connectivity index (χ0v) is 18.1. The Kier molecular flexibility index (Phi) is 6.05. The van der Waals surface area contributed by atoms with Crippen molar-refractivity contribution in [3.63, 3.8) is 0 Å². The fourth-order valence-corrected chi connectivity index (χ4v) is 3.56. The normalized spacial score (nSPS) is 10.7. The van der Waals surface area contributed by atoms with E-state index in [4.69, 9.17) is 21.4 Å². The van der Waals surface area contributed by atoms with Crippen LogP contribution in [0.4, 0.5) is 5.69 Å². The highest BCUT2D eigenvalue weighted by Gasteiger charge is 2.19. The Hall–Kier alpha value is -3.57. The highest BCUT2D eigenvalue weighted by molar-refractivity contribution is 6.32. The molecule has 5 nitrogen and oxygen atoms in total. The average molecular weight is 432 g/mol. The standard InChI is InChI=1S/C25H22ClN3O2/c1-17-8-10-19(11-9-17)24-21(16-29(28-24)15-18-6-4-3-5-7-18)25(30)27-20-12-13-23(31-2)22(26)14-20/h3-14,16H,15H2,1-2H3,(H,27,30). The molecule has 3 aromatic carbocycles. The summed E-state index contributed by atoms with van der Waals surface area (Å²) in [5.74, 6) is 0.298. The molecule has 1 amide bonds. The Labute approximate surface area is 186 Å². The van der Waals surface area contributed by atoms with E-state index in [1.807, 2.05) is 61.5 Å². The van der Waals surface area contributed by atoms with E-state index in [0.29, 0.717) is 34.3 Å². The molecule has 1 heterocycles. The van der Waals surface area contributed by atoms with E-state index in [-0.39, 0.29) is 5.91 Å². The number of halogens is 1. The van der Waals surface area contributed by atoms with Crippen molar-refractivity contribution < 1.29 is 9.53 Å². The number of ether oxygens (including phenoxy) is 1. The molecule has 0 spiro atoms. The van der Waals surface area contributed by atoms with E-state index in [9.17, 15) is 4.79 Å². The van der Waals surface area contributed by atoms with Crippen molar-refractivity contribution in [3.8, 4) is 17.0 Å². The number of anilines is 1. The smallest absolute Gasteiger partial charge is 0.259 e. The molecule has 0 radical (unpaired) electrons. The number of aryl methyl sites for hydroxylation is 1. The van der Waals surface area contributed by atoms with Gasteiger partial charge >= 0.3 is 0 Å². The summed E-state index contributed by atoms with van der Waals surface area (Å²) < 4.78 is 6.97. The number of methoxy groups -OCH3 is 1. The third kappa shape index (κ3) is 4.78. The molecule has 4 aromatic rings. The van der Waals surface area contributed by atoms with Gasteiger partial charge in [0.15, 0.2) is 0 Å². The molecule has 4 rings (SSSR count). The largest absolute Gasteiger partial charge is 0.495 e. The SMILES string of the molecule is COc1ccc(NC(=O)c2cn(Cc3ccccc3)nc2-c2ccc(C)cc2)cc1Cl. The molecular formula is C25H22ClN3O2. The van der Waals surface area contributed by atoms with E-state index in [2.05, 4.69) is 5.32 Å². The van der Waals surface area contributed by atoms with E-state index in [1.54, 1.807) is 36.2 Å². The van der Waals surface area contributed by atoms with Crippen LogP contribution in [-0.4, -0.2) is 22.8 Å². The Morgan fingerprint density at radius 3 is 2.48 bits per heavy atom. The van der Waals surface area contributed by atoms with Crippen LogP contribution in [0, 0.1) is 6.92 Å². The summed E-state index contributed by atoms with van der Waals surface area (Å²) in [5.41, 5.74) is 4.84. The third-order valence-electron chi connectivity index (χ3n) is 4.93. The van der Waals surface area contributed by atoms with Crippen molar-refractivity contribution in [1.82, 2.24) is 9.78 Å². The monoisotopic (exact) mass is 431 g/mol. The van der Waals surface area contributed by atoms with Crippen LogP contribution in [0.1, 0.15) is 21.5 Å². The fourth-order valence-electron chi connectivity index (χ4n) is 3.31. The van der Waals surface area contributed by atoms with Crippen LogP contribution in [0.5, 0.6) is 5.75 Å². The second-order valence-electron chi connectivity index (χ2n) is 7.24. The van der Waals surface area contributed by atoms with Gasteiger partial charge in [-0.25, -0.2) is 0 Å². The van der Waals surface area contributed by atoms with Gasteiger partial charge in [0, 0.05) is 17.4 Å². The molecule has 0 bridgehead atoms. The van der Waals surface area contributed by atoms with Gasteiger partial charge in [0.2, 0.25) is 0 Å². The highest BCUT2D eigenvalue weighted by atomic mass is 35.5. The summed E-state index contributed by atoms with van der Waals surface area (Å²) in [4.78, 5) is 13.2. The zero-order valence-electron chi connectivity index (χ0n) is 17.3. The Bertz CT molecular complexity index is 1200. The molecule has 1 aromatic heterocycles. The van der Waals surface area contributed by atoms with Crippen LogP contribution < -0.4 is 10.1 Å². The van der Waals surface area contributed by atoms with Crippen molar-refractivity contribution in [2.24, 2.45) is 0 Å². The first kappa shape index (κ1) is 20.7. The molecule has 0 aliphatic heterocycles. The minimum Gasteiger partial charge on any atom is -0.495 e. The highest BCUT2D eigenvalue weighted by Crippen LogP contribution is 2.28. The molecule has 31 heavy (non-hydrogen) atoms. The number of benzene rings is 3. The lowest BCUT2D eigenvalue weighted by Crippen LogP contribution is -2.12. The van der Waals surface area contributed by atoms with Crippen molar-refractivity contribution in [2.75, 3.05) is 12.4 Å². The number of nitrogens with one attached hydrogen (secondary N) is 1. The predicted molar refractivity (Wildman–Crippen MR) is 124 cm³/mol. The number of carbonyl (C=O) groups is 1. The summed E-state index contributed by atoms with van der Waals surface area (Å²) >= 11 is 6.20. The second kappa shape index (κ2) is 9.06. The van der Waals surface area contributed by atoms with Crippen molar-refractivity contribution in [1.29, 1.82) is 0 Å². The molecule has 0 saturated carbocycles. The lowest BCUT2D eigenvalue weighted by Gasteiger charge is -2.08. The second-order valence-corrected chi connectivity index (χ2v) is 7.65. The number of rotatable bonds is 6. The minimum absolute atomic E-state index is 0.254. The molecule has 0 aliphatic carbocycles. The maximum atomic E-state index is 13.2. The summed E-state index contributed by atoms with van der Waals surface area (Å²) in [6.45, 7) is 2.60. The molecule has 0 atom stereocenters. The fraction of sp³-hybridized carbons (Fsp3) is 0.120. The number of hydrogen-bond donors (Lipinski definition) is 1. The van der Waals surface area contributed by atoms with Crippen LogP contribution in [0.3, 0.4) is 0 Å². The zero-order chi connectivity index (χ0) is 21.8. The van der Waals surface area contributed by atoms with Gasteiger partial charge < -0.3 is 10.1 Å². The first-order chi connectivity index (χ1) is 15.0. The van der Waals surface area contributed by atoms with Crippen LogP contribution in [0.2, 0.25) is 5.02 Å². The number of carbonyl (C=O) groups excluding carboxylic acids is 1. The first-order valence-electron chi connectivity index (χ1n) is 9.87. The maximum absolute atomic E-state index is 13.2. The third-order valence-corrected chi connectivity index (χ3v) is 5.22. The lowest BCUT2D eigenvalue weighted by molar-refractivity contribution is 0.102. The van der Waals surface area contributed by atoms with Gasteiger partial charge in [-0.15, -0.1) is 0 Å². The lowest BCUT2D eigenvalue weighted by atomic mass is 10.1. The number of aromatic nitrogens is 2. The molecular weight excluding hydrogens is 410 g/mol. The predicted octanol–water partition coefficient (Wildman–Crippen LogP) is 5.82. The number of nitrogens with zero attached hydrogens (tertiary/aromatic N) is 2. The average Bonchev–Trinajstić information content (AvgIpc) is 3.19. The van der Waals surface area contributed by atoms with Gasteiger partial charge in [-0.2, -0.15) is 5.10 Å². The minimum atomic E-state index is -0.254. The number of amides is 1. The Balaban J connectivity index is 1.67. The van der Waals surface area contributed by atoms with Gasteiger partial charge in [-0.1, -0.05) is 71.8 Å². The van der Waals surface area contributed by atoms with Gasteiger partial charge in [-0.05, 0) is 30.7 Å². The summed E-state index contributed by atoms with van der Waals surface area (Å²) in [5, 5.41) is 8.07. The number of hydrogen-bond acceptors (Lipinski definition) is 3. The van der Waals surface area contributed by atoms with E-state index in [1.165, 1.54) is 0 Å². The van der Waals surface area contributed by atoms with Crippen molar-refractivity contribution in [3.05, 3.63) is 101 Å². The van der Waals surface area contributed by atoms with E-state index < -0.39 is 0 Å². The molecule has 0 saturated heterocycles. The van der Waals surface area contributed by atoms with E-state index >= 15 is 0 Å². The van der Waals surface area contributed by atoms with Gasteiger partial charge in [0.1, 0.15) is 11.4 Å². The van der Waals surface area contributed by atoms with E-state index in [0.717, 1.165) is 16.7 Å². The maximum Gasteiger partial charge on any atom is 0.259 e. The summed E-state index contributed by atoms with van der Waals surface area (Å²) in [6.07, 6.45) is 1.78. The molecule has 156 valence electrons. The molecule has 0 unspecified atom stereocenters. The van der Waals surface area contributed by atoms with Gasteiger partial charge in [-0.3, -0.25) is 9.48 Å². The van der Waals surface area contributed by atoms with Crippen LogP contribution >= 0.6 is 11.6 Å². The van der Waals surface area contributed by atoms with Gasteiger partial charge in [0.25, 0.3) is 5.91 Å². The Morgan fingerprint density at radius 2 is 1.81 bits per heavy atom. The summed E-state index contributed by atoms with van der Waals surface area (Å²) in [7, 11) is 1.55. The molecule has 1 N–H and O–H groups in total. The molecule has 6 heteroatoms. The quantitative estimate of drug-likeness (QED) is 0.418. The topological polar surface area (TPSA) is 56.1 Å². The van der Waals surface area contributed by atoms with Gasteiger partial charge in [0.05, 0.1) is 24.2 Å². The summed E-state index contributed by atoms with van der Waals surface area (Å²) in [6, 6.07) is 23.1. The van der Waals surface area contributed by atoms with Crippen molar-refractivity contribution >= 4 is 23.2 Å². The van der Waals surface area contributed by atoms with Crippen LogP contribution in [0.15, 0.2) is 79.0 Å². The Morgan fingerprint density at radius 1 is 1.06 bits per heavy atom. The molecule has 0 aliphatic rings. The van der Waals surface area contributed by atoms with Crippen molar-refractivity contribution in [2.45, 2.75) is 13.5 Å². The van der Waals surface area contributed by atoms with Crippen LogP contribution in [-0.2, 0) is 6.54 Å². The molecule has 0 fully saturated rings. The first-order valence-corrected chi connectivity index (χ1v) is 10.2. The van der Waals surface area contributed by atoms with Crippen LogP contribution in [0.25, 0.3) is 11.3 Å².